The fourth-order valence-corrected chi connectivity index (χ4v) is 2.44. The van der Waals surface area contributed by atoms with Crippen LogP contribution in [0.4, 0.5) is 18.9 Å². The van der Waals surface area contributed by atoms with Crippen molar-refractivity contribution in [2.45, 2.75) is 6.18 Å². The minimum atomic E-state index is -4.55. The van der Waals surface area contributed by atoms with E-state index in [-0.39, 0.29) is 16.4 Å². The van der Waals surface area contributed by atoms with Crippen LogP contribution in [0.15, 0.2) is 29.4 Å². The Morgan fingerprint density at radius 1 is 1.24 bits per heavy atom. The van der Waals surface area contributed by atoms with Crippen LogP contribution in [0.2, 0.25) is 0 Å². The molecule has 1 saturated heterocycles. The number of benzene rings is 1. The number of alkyl halides is 3. The molecular weight excluding hydrogens is 355 g/mol. The van der Waals surface area contributed by atoms with Crippen molar-refractivity contribution < 1.29 is 18.0 Å². The Hall–Kier alpha value is -2.20. The van der Waals surface area contributed by atoms with Crippen LogP contribution >= 0.6 is 12.2 Å². The first-order chi connectivity index (χ1) is 11.7. The number of hydrogen-bond acceptors (Lipinski definition) is 5. The van der Waals surface area contributed by atoms with Gasteiger partial charge in [0.1, 0.15) is 4.99 Å². The van der Waals surface area contributed by atoms with E-state index in [2.05, 4.69) is 15.4 Å². The SMILES string of the molecule is CN1CCN(C(=O)/C(=N/Nc2ccccc2C(F)(F)F)C(N)=S)CC1. The smallest absolute Gasteiger partial charge is 0.388 e. The molecule has 0 aliphatic carbocycles. The third-order valence-corrected chi connectivity index (χ3v) is 3.94. The average molecular weight is 373 g/mol. The number of nitrogens with one attached hydrogen (secondary N) is 1. The molecule has 0 radical (unpaired) electrons. The van der Waals surface area contributed by atoms with Crippen molar-refractivity contribution in [2.75, 3.05) is 38.7 Å². The second kappa shape index (κ2) is 7.79. The summed E-state index contributed by atoms with van der Waals surface area (Å²) in [5.74, 6) is -0.502. The highest BCUT2D eigenvalue weighted by atomic mass is 32.1. The van der Waals surface area contributed by atoms with E-state index in [1.807, 2.05) is 7.05 Å². The summed E-state index contributed by atoms with van der Waals surface area (Å²) in [5, 5.41) is 3.76. The van der Waals surface area contributed by atoms with Crippen molar-refractivity contribution >= 4 is 34.5 Å². The molecule has 1 aromatic rings. The van der Waals surface area contributed by atoms with E-state index in [9.17, 15) is 18.0 Å². The lowest BCUT2D eigenvalue weighted by molar-refractivity contribution is -0.137. The molecule has 0 atom stereocenters. The number of hydrogen-bond donors (Lipinski definition) is 2. The molecular formula is C15H18F3N5OS. The minimum absolute atomic E-state index is 0.267. The number of anilines is 1. The van der Waals surface area contributed by atoms with Crippen molar-refractivity contribution in [3.05, 3.63) is 29.8 Å². The molecule has 0 saturated carbocycles. The quantitative estimate of drug-likeness (QED) is 0.476. The molecule has 0 unspecified atom stereocenters. The molecule has 1 amide bonds. The van der Waals surface area contributed by atoms with Gasteiger partial charge in [-0.1, -0.05) is 24.4 Å². The minimum Gasteiger partial charge on any atom is -0.388 e. The Balaban J connectivity index is 2.21. The third-order valence-electron chi connectivity index (χ3n) is 3.75. The first-order valence-electron chi connectivity index (χ1n) is 7.47. The summed E-state index contributed by atoms with van der Waals surface area (Å²) < 4.78 is 39.0. The monoisotopic (exact) mass is 373 g/mol. The zero-order chi connectivity index (χ0) is 18.6. The van der Waals surface area contributed by atoms with Crippen LogP contribution in [0.25, 0.3) is 0 Å². The van der Waals surface area contributed by atoms with Gasteiger partial charge in [0.2, 0.25) is 0 Å². The lowest BCUT2D eigenvalue weighted by Crippen LogP contribution is -2.51. The highest BCUT2D eigenvalue weighted by molar-refractivity contribution is 7.82. The average Bonchev–Trinajstić information content (AvgIpc) is 2.54. The maximum atomic E-state index is 13.0. The van der Waals surface area contributed by atoms with Crippen LogP contribution in [-0.4, -0.2) is 59.6 Å². The van der Waals surface area contributed by atoms with E-state index < -0.39 is 17.6 Å². The van der Waals surface area contributed by atoms with Gasteiger partial charge in [0.05, 0.1) is 11.3 Å². The van der Waals surface area contributed by atoms with Crippen molar-refractivity contribution in [1.82, 2.24) is 9.80 Å². The van der Waals surface area contributed by atoms with Gasteiger partial charge in [-0.2, -0.15) is 18.3 Å². The van der Waals surface area contributed by atoms with Gasteiger partial charge >= 0.3 is 6.18 Å². The van der Waals surface area contributed by atoms with E-state index in [4.69, 9.17) is 18.0 Å². The number of nitrogens with zero attached hydrogens (tertiary/aromatic N) is 3. The van der Waals surface area contributed by atoms with Crippen LogP contribution in [0.3, 0.4) is 0 Å². The molecule has 2 rings (SSSR count). The largest absolute Gasteiger partial charge is 0.418 e. The highest BCUT2D eigenvalue weighted by Crippen LogP contribution is 2.34. The third kappa shape index (κ3) is 4.89. The van der Waals surface area contributed by atoms with Gasteiger partial charge in [0.15, 0.2) is 5.71 Å². The molecule has 0 bridgehead atoms. The van der Waals surface area contributed by atoms with Gasteiger partial charge < -0.3 is 15.5 Å². The first-order valence-corrected chi connectivity index (χ1v) is 7.88. The van der Waals surface area contributed by atoms with E-state index in [1.54, 1.807) is 0 Å². The summed E-state index contributed by atoms with van der Waals surface area (Å²) in [6, 6.07) is 4.82. The summed E-state index contributed by atoms with van der Waals surface area (Å²) in [7, 11) is 1.93. The summed E-state index contributed by atoms with van der Waals surface area (Å²) in [4.78, 5) is 15.8. The van der Waals surface area contributed by atoms with Crippen molar-refractivity contribution in [2.24, 2.45) is 10.8 Å². The van der Waals surface area contributed by atoms with Crippen LogP contribution < -0.4 is 11.2 Å². The van der Waals surface area contributed by atoms with E-state index >= 15 is 0 Å². The number of carbonyl (C=O) groups is 1. The predicted octanol–water partition coefficient (Wildman–Crippen LogP) is 1.53. The number of rotatable bonds is 4. The normalized spacial score (nSPS) is 16.6. The van der Waals surface area contributed by atoms with Crippen LogP contribution in [-0.2, 0) is 11.0 Å². The van der Waals surface area contributed by atoms with Gasteiger partial charge in [0.25, 0.3) is 5.91 Å². The molecule has 1 heterocycles. The number of carbonyl (C=O) groups excluding carboxylic acids is 1. The summed E-state index contributed by atoms with van der Waals surface area (Å²) in [6.07, 6.45) is -4.55. The van der Waals surface area contributed by atoms with Gasteiger partial charge in [0, 0.05) is 26.2 Å². The lowest BCUT2D eigenvalue weighted by atomic mass is 10.2. The number of likely N-dealkylation sites (N-methyl/N-ethyl adjacent to an activating group) is 1. The molecule has 6 nitrogen and oxygen atoms in total. The number of nitrogens with two attached hydrogens (primary N) is 1. The van der Waals surface area contributed by atoms with Crippen LogP contribution in [0.5, 0.6) is 0 Å². The zero-order valence-corrected chi connectivity index (χ0v) is 14.3. The molecule has 1 aromatic carbocycles. The number of halogens is 3. The van der Waals surface area contributed by atoms with Gasteiger partial charge in [-0.15, -0.1) is 0 Å². The van der Waals surface area contributed by atoms with Crippen molar-refractivity contribution in [1.29, 1.82) is 0 Å². The Labute approximate surface area is 148 Å². The summed E-state index contributed by atoms with van der Waals surface area (Å²) in [5.41, 5.74) is 6.37. The van der Waals surface area contributed by atoms with Crippen molar-refractivity contribution in [3.63, 3.8) is 0 Å². The van der Waals surface area contributed by atoms with E-state index in [0.717, 1.165) is 6.07 Å². The number of hydrazone groups is 1. The standard InChI is InChI=1S/C15H18F3N5OS/c1-22-6-8-23(9-7-22)14(24)12(13(19)25)21-20-11-5-3-2-4-10(11)15(16,17)18/h2-5,20H,6-9H2,1H3,(H2,19,25)/b21-12+. The second-order valence-electron chi connectivity index (χ2n) is 5.58. The molecule has 0 spiro atoms. The molecule has 1 aliphatic rings. The maximum absolute atomic E-state index is 13.0. The number of piperazine rings is 1. The Bertz CT molecular complexity index is 684. The Kier molecular flexibility index (Phi) is 5.96. The number of amides is 1. The molecule has 136 valence electrons. The molecule has 0 aromatic heterocycles. The summed E-state index contributed by atoms with van der Waals surface area (Å²) in [6.45, 7) is 2.30. The van der Waals surface area contributed by atoms with E-state index in [1.165, 1.54) is 23.1 Å². The molecule has 10 heteroatoms. The first kappa shape index (κ1) is 19.1. The topological polar surface area (TPSA) is 74.0 Å². The van der Waals surface area contributed by atoms with E-state index in [0.29, 0.717) is 26.2 Å². The number of para-hydroxylation sites is 1. The molecule has 1 aliphatic heterocycles. The predicted molar refractivity (Wildman–Crippen MR) is 93.4 cm³/mol. The fraction of sp³-hybridized carbons (Fsp3) is 0.400. The van der Waals surface area contributed by atoms with Crippen LogP contribution in [0, 0.1) is 0 Å². The summed E-state index contributed by atoms with van der Waals surface area (Å²) >= 11 is 4.83. The van der Waals surface area contributed by atoms with Crippen LogP contribution in [0.1, 0.15) is 5.56 Å². The lowest BCUT2D eigenvalue weighted by Gasteiger charge is -2.32. The van der Waals surface area contributed by atoms with Gasteiger partial charge in [-0.3, -0.25) is 10.2 Å². The molecule has 25 heavy (non-hydrogen) atoms. The molecule has 1 fully saturated rings. The fourth-order valence-electron chi connectivity index (χ4n) is 2.31. The highest BCUT2D eigenvalue weighted by Gasteiger charge is 2.33. The van der Waals surface area contributed by atoms with Gasteiger partial charge in [-0.25, -0.2) is 0 Å². The Morgan fingerprint density at radius 2 is 1.84 bits per heavy atom. The molecule has 3 N–H and O–H groups in total. The number of thiocarbonyl (C=S) groups is 1. The van der Waals surface area contributed by atoms with Crippen molar-refractivity contribution in [3.8, 4) is 0 Å². The zero-order valence-electron chi connectivity index (χ0n) is 13.5. The Morgan fingerprint density at radius 3 is 2.40 bits per heavy atom. The van der Waals surface area contributed by atoms with Gasteiger partial charge in [-0.05, 0) is 19.2 Å². The maximum Gasteiger partial charge on any atom is 0.418 e. The second-order valence-corrected chi connectivity index (χ2v) is 6.02.